The Kier molecular flexibility index (Phi) is 4.42. The van der Waals surface area contributed by atoms with E-state index in [1.54, 1.807) is 23.3 Å². The lowest BCUT2D eigenvalue weighted by atomic mass is 10.4. The van der Waals surface area contributed by atoms with Crippen LogP contribution in [0.3, 0.4) is 0 Å². The van der Waals surface area contributed by atoms with Crippen molar-refractivity contribution in [3.05, 3.63) is 16.1 Å². The van der Waals surface area contributed by atoms with E-state index in [0.29, 0.717) is 12.6 Å². The Hall–Kier alpha value is -0.590. The summed E-state index contributed by atoms with van der Waals surface area (Å²) in [5.74, 6) is 0. The van der Waals surface area contributed by atoms with Crippen LogP contribution >= 0.6 is 11.3 Å². The molecule has 2 rings (SSSR count). The van der Waals surface area contributed by atoms with Crippen LogP contribution in [0.1, 0.15) is 23.5 Å². The average molecular weight is 261 g/mol. The Balaban J connectivity index is 1.76. The minimum absolute atomic E-state index is 0.201. The van der Waals surface area contributed by atoms with E-state index < -0.39 is 6.43 Å². The van der Waals surface area contributed by atoms with Crippen LogP contribution in [0, 0.1) is 0 Å². The lowest BCUT2D eigenvalue weighted by Gasteiger charge is -2.13. The highest BCUT2D eigenvalue weighted by molar-refractivity contribution is 7.09. The maximum Gasteiger partial charge on any atom is 0.251 e. The van der Waals surface area contributed by atoms with Crippen LogP contribution in [0.15, 0.2) is 5.38 Å². The number of rotatable bonds is 7. The molecule has 0 bridgehead atoms. The Morgan fingerprint density at radius 3 is 3.00 bits per heavy atom. The zero-order chi connectivity index (χ0) is 12.3. The quantitative estimate of drug-likeness (QED) is 0.814. The highest BCUT2D eigenvalue weighted by Crippen LogP contribution is 2.20. The second-order valence-electron chi connectivity index (χ2n) is 4.48. The summed E-state index contributed by atoms with van der Waals surface area (Å²) in [5, 5.41) is 6.38. The molecule has 96 valence electrons. The van der Waals surface area contributed by atoms with E-state index in [0.717, 1.165) is 17.2 Å². The molecule has 1 heterocycles. The average Bonchev–Trinajstić information content (AvgIpc) is 2.96. The molecule has 0 aliphatic heterocycles. The fraction of sp³-hybridized carbons (Fsp3) is 0.727. The topological polar surface area (TPSA) is 28.2 Å². The normalized spacial score (nSPS) is 16.1. The minimum Gasteiger partial charge on any atom is -0.308 e. The van der Waals surface area contributed by atoms with E-state index in [2.05, 4.69) is 10.3 Å². The first kappa shape index (κ1) is 12.9. The van der Waals surface area contributed by atoms with Crippen molar-refractivity contribution in [3.8, 4) is 0 Å². The molecular formula is C11H17F2N3S. The first-order chi connectivity index (χ1) is 8.13. The monoisotopic (exact) mass is 261 g/mol. The van der Waals surface area contributed by atoms with Crippen LogP contribution in [-0.4, -0.2) is 35.9 Å². The van der Waals surface area contributed by atoms with E-state index in [1.807, 2.05) is 5.38 Å². The summed E-state index contributed by atoms with van der Waals surface area (Å²) < 4.78 is 24.3. The van der Waals surface area contributed by atoms with Crippen molar-refractivity contribution in [1.29, 1.82) is 0 Å². The highest BCUT2D eigenvalue weighted by Gasteiger charge is 2.20. The molecule has 17 heavy (non-hydrogen) atoms. The standard InChI is InChI=1S/C11H17F2N3S/c1-16(6-10(12)13)5-9-7-17-11(15-9)4-14-8-2-3-8/h7-8,10,14H,2-6H2,1H3. The van der Waals surface area contributed by atoms with Gasteiger partial charge in [-0.05, 0) is 19.9 Å². The first-order valence-electron chi connectivity index (χ1n) is 5.77. The Bertz CT molecular complexity index is 352. The Morgan fingerprint density at radius 1 is 1.59 bits per heavy atom. The lowest BCUT2D eigenvalue weighted by Crippen LogP contribution is -2.24. The lowest BCUT2D eigenvalue weighted by molar-refractivity contribution is 0.0971. The molecule has 1 aliphatic carbocycles. The van der Waals surface area contributed by atoms with Crippen molar-refractivity contribution in [2.75, 3.05) is 13.6 Å². The third-order valence-corrected chi connectivity index (χ3v) is 3.50. The molecule has 1 aromatic heterocycles. The molecule has 0 aromatic carbocycles. The van der Waals surface area contributed by atoms with Crippen molar-refractivity contribution in [1.82, 2.24) is 15.2 Å². The maximum atomic E-state index is 12.1. The van der Waals surface area contributed by atoms with Gasteiger partial charge in [-0.1, -0.05) is 0 Å². The van der Waals surface area contributed by atoms with Crippen molar-refractivity contribution >= 4 is 11.3 Å². The van der Waals surface area contributed by atoms with Gasteiger partial charge in [0.25, 0.3) is 6.43 Å². The van der Waals surface area contributed by atoms with E-state index in [9.17, 15) is 8.78 Å². The van der Waals surface area contributed by atoms with Crippen molar-refractivity contribution in [2.45, 2.75) is 38.4 Å². The molecule has 0 atom stereocenters. The predicted octanol–water partition coefficient (Wildman–Crippen LogP) is 2.09. The van der Waals surface area contributed by atoms with Crippen LogP contribution in [0.4, 0.5) is 8.78 Å². The summed E-state index contributed by atoms with van der Waals surface area (Å²) in [6.45, 7) is 1.09. The third kappa shape index (κ3) is 4.65. The van der Waals surface area contributed by atoms with E-state index in [1.165, 1.54) is 12.8 Å². The van der Waals surface area contributed by atoms with Gasteiger partial charge in [-0.25, -0.2) is 13.8 Å². The molecule has 1 N–H and O–H groups in total. The SMILES string of the molecule is CN(Cc1csc(CNC2CC2)n1)CC(F)F. The molecule has 1 aromatic rings. The van der Waals surface area contributed by atoms with Crippen LogP contribution < -0.4 is 5.32 Å². The molecule has 6 heteroatoms. The van der Waals surface area contributed by atoms with Gasteiger partial charge in [-0.15, -0.1) is 11.3 Å². The van der Waals surface area contributed by atoms with Crippen molar-refractivity contribution < 1.29 is 8.78 Å². The molecule has 0 unspecified atom stereocenters. The van der Waals surface area contributed by atoms with E-state index in [-0.39, 0.29) is 6.54 Å². The molecule has 0 saturated heterocycles. The van der Waals surface area contributed by atoms with Crippen LogP contribution in [0.2, 0.25) is 0 Å². The van der Waals surface area contributed by atoms with Gasteiger partial charge in [0, 0.05) is 24.5 Å². The molecule has 1 aliphatic rings. The van der Waals surface area contributed by atoms with E-state index in [4.69, 9.17) is 0 Å². The fourth-order valence-electron chi connectivity index (χ4n) is 1.60. The number of hydrogen-bond donors (Lipinski definition) is 1. The predicted molar refractivity (Wildman–Crippen MR) is 64.3 cm³/mol. The number of aromatic nitrogens is 1. The number of alkyl halides is 2. The van der Waals surface area contributed by atoms with E-state index >= 15 is 0 Å². The summed E-state index contributed by atoms with van der Waals surface area (Å²) in [4.78, 5) is 6.02. The summed E-state index contributed by atoms with van der Waals surface area (Å²) in [6.07, 6.45) is 0.236. The maximum absolute atomic E-state index is 12.1. The minimum atomic E-state index is -2.28. The van der Waals surface area contributed by atoms with Gasteiger partial charge in [0.15, 0.2) is 0 Å². The van der Waals surface area contributed by atoms with Gasteiger partial charge in [0.2, 0.25) is 0 Å². The van der Waals surface area contributed by atoms with Crippen LogP contribution in [0.5, 0.6) is 0 Å². The largest absolute Gasteiger partial charge is 0.308 e. The highest BCUT2D eigenvalue weighted by atomic mass is 32.1. The molecule has 0 radical (unpaired) electrons. The van der Waals surface area contributed by atoms with Gasteiger partial charge < -0.3 is 5.32 Å². The van der Waals surface area contributed by atoms with Crippen molar-refractivity contribution in [3.63, 3.8) is 0 Å². The van der Waals surface area contributed by atoms with Crippen molar-refractivity contribution in [2.24, 2.45) is 0 Å². The molecule has 1 fully saturated rings. The van der Waals surface area contributed by atoms with Crippen LogP contribution in [0.25, 0.3) is 0 Å². The first-order valence-corrected chi connectivity index (χ1v) is 6.65. The van der Waals surface area contributed by atoms with Gasteiger partial charge in [-0.2, -0.15) is 0 Å². The summed E-state index contributed by atoms with van der Waals surface area (Å²) in [7, 11) is 1.69. The van der Waals surface area contributed by atoms with Gasteiger partial charge >= 0.3 is 0 Å². The second kappa shape index (κ2) is 5.84. The molecule has 3 nitrogen and oxygen atoms in total. The molecule has 0 amide bonds. The summed E-state index contributed by atoms with van der Waals surface area (Å²) in [5.41, 5.74) is 0.880. The summed E-state index contributed by atoms with van der Waals surface area (Å²) in [6, 6.07) is 0.670. The Morgan fingerprint density at radius 2 is 2.35 bits per heavy atom. The number of hydrogen-bond acceptors (Lipinski definition) is 4. The van der Waals surface area contributed by atoms with Gasteiger partial charge in [0.05, 0.1) is 12.2 Å². The molecular weight excluding hydrogens is 244 g/mol. The number of thiazole rings is 1. The molecule has 0 spiro atoms. The third-order valence-electron chi connectivity index (χ3n) is 2.60. The summed E-state index contributed by atoms with van der Waals surface area (Å²) >= 11 is 1.59. The fourth-order valence-corrected chi connectivity index (χ4v) is 2.33. The van der Waals surface area contributed by atoms with Gasteiger partial charge in [-0.3, -0.25) is 4.90 Å². The van der Waals surface area contributed by atoms with Crippen LogP contribution in [-0.2, 0) is 13.1 Å². The number of halogens is 2. The number of nitrogens with zero attached hydrogens (tertiary/aromatic N) is 2. The molecule has 1 saturated carbocycles. The second-order valence-corrected chi connectivity index (χ2v) is 5.42. The zero-order valence-corrected chi connectivity index (χ0v) is 10.6. The zero-order valence-electron chi connectivity index (χ0n) is 9.83. The smallest absolute Gasteiger partial charge is 0.251 e. The Labute approximate surface area is 104 Å². The number of nitrogens with one attached hydrogen (secondary N) is 1. The van der Waals surface area contributed by atoms with Gasteiger partial charge in [0.1, 0.15) is 5.01 Å².